The van der Waals surface area contributed by atoms with E-state index in [0.29, 0.717) is 18.1 Å². The smallest absolute Gasteiger partial charge is 0.0733 e. The van der Waals surface area contributed by atoms with E-state index in [0.717, 1.165) is 5.92 Å². The first-order valence-electron chi connectivity index (χ1n) is 7.13. The summed E-state index contributed by atoms with van der Waals surface area (Å²) in [4.78, 5) is 0. The van der Waals surface area contributed by atoms with Crippen molar-refractivity contribution >= 4 is 0 Å². The lowest BCUT2D eigenvalue weighted by Gasteiger charge is -2.37. The van der Waals surface area contributed by atoms with Crippen molar-refractivity contribution in [1.29, 1.82) is 0 Å². The summed E-state index contributed by atoms with van der Waals surface area (Å²) in [5.74, 6) is 1.57. The molecule has 1 aliphatic carbocycles. The molecule has 0 aromatic carbocycles. The average Bonchev–Trinajstić information content (AvgIpc) is 2.75. The van der Waals surface area contributed by atoms with Crippen LogP contribution in [0.2, 0.25) is 0 Å². The maximum absolute atomic E-state index is 6.46. The Kier molecular flexibility index (Phi) is 4.26. The van der Waals surface area contributed by atoms with Crippen molar-refractivity contribution < 1.29 is 4.74 Å². The molecule has 5 unspecified atom stereocenters. The van der Waals surface area contributed by atoms with E-state index in [1.807, 2.05) is 0 Å². The van der Waals surface area contributed by atoms with Gasteiger partial charge in [0.2, 0.25) is 0 Å². The fourth-order valence-electron chi connectivity index (χ4n) is 3.64. The fraction of sp³-hybridized carbons (Fsp3) is 1.00. The van der Waals surface area contributed by atoms with Crippen LogP contribution in [0, 0.1) is 11.8 Å². The van der Waals surface area contributed by atoms with Gasteiger partial charge in [0.15, 0.2) is 0 Å². The summed E-state index contributed by atoms with van der Waals surface area (Å²) in [6, 6.07) is 0.287. The lowest BCUT2D eigenvalue weighted by atomic mass is 9.73. The third-order valence-corrected chi connectivity index (χ3v) is 4.68. The van der Waals surface area contributed by atoms with Crippen molar-refractivity contribution in [3.8, 4) is 0 Å². The average molecular weight is 225 g/mol. The van der Waals surface area contributed by atoms with E-state index >= 15 is 0 Å². The number of rotatable bonds is 3. The van der Waals surface area contributed by atoms with Crippen LogP contribution in [0.4, 0.5) is 0 Å². The molecule has 0 aromatic heterocycles. The SMILES string of the molecule is CCC1CCCCC1C(N)C1CCC(C)O1. The highest BCUT2D eigenvalue weighted by Crippen LogP contribution is 2.37. The third kappa shape index (κ3) is 2.60. The van der Waals surface area contributed by atoms with Gasteiger partial charge in [0.25, 0.3) is 0 Å². The van der Waals surface area contributed by atoms with E-state index < -0.39 is 0 Å². The molecule has 0 radical (unpaired) electrons. The number of hydrogen-bond acceptors (Lipinski definition) is 2. The highest BCUT2D eigenvalue weighted by atomic mass is 16.5. The van der Waals surface area contributed by atoms with Crippen LogP contribution >= 0.6 is 0 Å². The molecular weight excluding hydrogens is 198 g/mol. The van der Waals surface area contributed by atoms with E-state index in [1.54, 1.807) is 0 Å². The molecule has 1 heterocycles. The summed E-state index contributed by atoms with van der Waals surface area (Å²) in [5, 5.41) is 0. The summed E-state index contributed by atoms with van der Waals surface area (Å²) in [5.41, 5.74) is 6.46. The van der Waals surface area contributed by atoms with Gasteiger partial charge in [-0.05, 0) is 38.0 Å². The molecule has 2 fully saturated rings. The molecule has 0 spiro atoms. The monoisotopic (exact) mass is 225 g/mol. The van der Waals surface area contributed by atoms with Gasteiger partial charge in [0.1, 0.15) is 0 Å². The van der Waals surface area contributed by atoms with Gasteiger partial charge in [-0.1, -0.05) is 32.6 Å². The molecule has 2 nitrogen and oxygen atoms in total. The van der Waals surface area contributed by atoms with Gasteiger partial charge in [-0.3, -0.25) is 0 Å². The van der Waals surface area contributed by atoms with Crippen LogP contribution in [0.15, 0.2) is 0 Å². The van der Waals surface area contributed by atoms with Crippen molar-refractivity contribution in [3.05, 3.63) is 0 Å². The van der Waals surface area contributed by atoms with E-state index in [1.165, 1.54) is 44.9 Å². The zero-order chi connectivity index (χ0) is 11.5. The van der Waals surface area contributed by atoms with E-state index in [9.17, 15) is 0 Å². The van der Waals surface area contributed by atoms with Crippen LogP contribution in [-0.4, -0.2) is 18.2 Å². The molecule has 5 atom stereocenters. The minimum Gasteiger partial charge on any atom is -0.374 e. The molecule has 16 heavy (non-hydrogen) atoms. The first-order valence-corrected chi connectivity index (χ1v) is 7.13. The lowest BCUT2D eigenvalue weighted by Crippen LogP contribution is -2.45. The molecule has 2 aliphatic rings. The molecule has 0 bridgehead atoms. The topological polar surface area (TPSA) is 35.2 Å². The van der Waals surface area contributed by atoms with Crippen molar-refractivity contribution in [2.24, 2.45) is 17.6 Å². The Morgan fingerprint density at radius 1 is 1.19 bits per heavy atom. The second-order valence-corrected chi connectivity index (χ2v) is 5.76. The van der Waals surface area contributed by atoms with Gasteiger partial charge in [0, 0.05) is 6.04 Å². The second kappa shape index (κ2) is 5.50. The van der Waals surface area contributed by atoms with Crippen LogP contribution in [0.25, 0.3) is 0 Å². The minimum atomic E-state index is 0.287. The van der Waals surface area contributed by atoms with Gasteiger partial charge >= 0.3 is 0 Å². The van der Waals surface area contributed by atoms with Crippen molar-refractivity contribution in [2.45, 2.75) is 77.0 Å². The normalized spacial score (nSPS) is 42.2. The van der Waals surface area contributed by atoms with Crippen molar-refractivity contribution in [1.82, 2.24) is 0 Å². The Balaban J connectivity index is 1.93. The summed E-state index contributed by atoms with van der Waals surface area (Å²) >= 11 is 0. The third-order valence-electron chi connectivity index (χ3n) is 4.68. The highest BCUT2D eigenvalue weighted by molar-refractivity contribution is 4.90. The largest absolute Gasteiger partial charge is 0.374 e. The predicted octanol–water partition coefficient (Wildman–Crippen LogP) is 3.10. The van der Waals surface area contributed by atoms with E-state index in [4.69, 9.17) is 10.5 Å². The Bertz CT molecular complexity index is 219. The number of nitrogens with two attached hydrogens (primary N) is 1. The van der Waals surface area contributed by atoms with Gasteiger partial charge in [-0.15, -0.1) is 0 Å². The molecule has 2 heteroatoms. The van der Waals surface area contributed by atoms with E-state index in [2.05, 4.69) is 13.8 Å². The van der Waals surface area contributed by atoms with Crippen molar-refractivity contribution in [2.75, 3.05) is 0 Å². The fourth-order valence-corrected chi connectivity index (χ4v) is 3.64. The summed E-state index contributed by atoms with van der Waals surface area (Å²) in [7, 11) is 0. The van der Waals surface area contributed by atoms with Crippen LogP contribution in [0.3, 0.4) is 0 Å². The molecule has 94 valence electrons. The zero-order valence-electron chi connectivity index (χ0n) is 10.8. The number of hydrogen-bond donors (Lipinski definition) is 1. The van der Waals surface area contributed by atoms with Gasteiger partial charge in [0.05, 0.1) is 12.2 Å². The molecule has 1 saturated carbocycles. The molecule has 2 rings (SSSR count). The number of ether oxygens (including phenoxy) is 1. The lowest BCUT2D eigenvalue weighted by molar-refractivity contribution is 0.0124. The molecular formula is C14H27NO. The van der Waals surface area contributed by atoms with Gasteiger partial charge in [-0.2, -0.15) is 0 Å². The summed E-state index contributed by atoms with van der Waals surface area (Å²) in [6.07, 6.45) is 9.93. The van der Waals surface area contributed by atoms with Crippen LogP contribution < -0.4 is 5.73 Å². The van der Waals surface area contributed by atoms with Crippen LogP contribution in [-0.2, 0) is 4.74 Å². The first-order chi connectivity index (χ1) is 7.72. The van der Waals surface area contributed by atoms with E-state index in [-0.39, 0.29) is 6.04 Å². The molecule has 0 aromatic rings. The Morgan fingerprint density at radius 2 is 1.94 bits per heavy atom. The van der Waals surface area contributed by atoms with Crippen LogP contribution in [0.5, 0.6) is 0 Å². The standard InChI is InChI=1S/C14H27NO/c1-3-11-6-4-5-7-12(11)14(15)13-9-8-10(2)16-13/h10-14H,3-9,15H2,1-2H3. The van der Waals surface area contributed by atoms with Gasteiger partial charge in [-0.25, -0.2) is 0 Å². The molecule has 1 saturated heterocycles. The minimum absolute atomic E-state index is 0.287. The molecule has 1 aliphatic heterocycles. The Labute approximate surface area is 99.9 Å². The van der Waals surface area contributed by atoms with Crippen molar-refractivity contribution in [3.63, 3.8) is 0 Å². The second-order valence-electron chi connectivity index (χ2n) is 5.76. The zero-order valence-corrected chi connectivity index (χ0v) is 10.8. The first kappa shape index (κ1) is 12.4. The molecule has 0 amide bonds. The quantitative estimate of drug-likeness (QED) is 0.801. The summed E-state index contributed by atoms with van der Waals surface area (Å²) in [6.45, 7) is 4.48. The maximum Gasteiger partial charge on any atom is 0.0733 e. The summed E-state index contributed by atoms with van der Waals surface area (Å²) < 4.78 is 5.94. The molecule has 2 N–H and O–H groups in total. The Morgan fingerprint density at radius 3 is 2.56 bits per heavy atom. The maximum atomic E-state index is 6.46. The van der Waals surface area contributed by atoms with Gasteiger partial charge < -0.3 is 10.5 Å². The highest BCUT2D eigenvalue weighted by Gasteiger charge is 2.36. The predicted molar refractivity (Wildman–Crippen MR) is 67.3 cm³/mol. The van der Waals surface area contributed by atoms with Crippen LogP contribution in [0.1, 0.15) is 58.8 Å². The Hall–Kier alpha value is -0.0800.